The average Bonchev–Trinajstić information content (AvgIpc) is 2.88. The van der Waals surface area contributed by atoms with Crippen molar-refractivity contribution in [3.8, 4) is 0 Å². The molecule has 0 radical (unpaired) electrons. The lowest BCUT2D eigenvalue weighted by atomic mass is 9.86. The summed E-state index contributed by atoms with van der Waals surface area (Å²) in [5, 5.41) is 4.55. The second kappa shape index (κ2) is 8.11. The molecule has 5 heteroatoms. The zero-order valence-corrected chi connectivity index (χ0v) is 14.6. The molecule has 4 nitrogen and oxygen atoms in total. The molecule has 0 aromatic carbocycles. The van der Waals surface area contributed by atoms with Crippen molar-refractivity contribution in [2.75, 3.05) is 25.6 Å². The Labute approximate surface area is 132 Å². The minimum absolute atomic E-state index is 0.603. The summed E-state index contributed by atoms with van der Waals surface area (Å²) in [7, 11) is 3.94. The van der Waals surface area contributed by atoms with E-state index >= 15 is 0 Å². The second-order valence-electron chi connectivity index (χ2n) is 6.12. The lowest BCUT2D eigenvalue weighted by molar-refractivity contribution is 0.181. The lowest BCUT2D eigenvalue weighted by Gasteiger charge is -2.33. The van der Waals surface area contributed by atoms with E-state index in [1.807, 2.05) is 11.3 Å². The first-order chi connectivity index (χ1) is 10.2. The topological polar surface area (TPSA) is 37.4 Å². The molecule has 2 unspecified atom stereocenters. The van der Waals surface area contributed by atoms with Gasteiger partial charge in [0, 0.05) is 31.6 Å². The molecule has 1 fully saturated rings. The van der Waals surface area contributed by atoms with Crippen molar-refractivity contribution in [1.29, 1.82) is 0 Å². The fourth-order valence-corrected chi connectivity index (χ4v) is 4.12. The number of hydrogen-bond acceptors (Lipinski definition) is 5. The minimum Gasteiger partial charge on any atom is -0.378 e. The highest BCUT2D eigenvalue weighted by Gasteiger charge is 2.25. The number of hydrogen-bond donors (Lipinski definition) is 1. The summed E-state index contributed by atoms with van der Waals surface area (Å²) in [6, 6.07) is 0.641. The number of ether oxygens (including phenoxy) is 1. The average molecular weight is 311 g/mol. The molecule has 1 heterocycles. The van der Waals surface area contributed by atoms with E-state index in [1.54, 1.807) is 7.11 Å². The van der Waals surface area contributed by atoms with Crippen molar-refractivity contribution >= 4 is 16.5 Å². The van der Waals surface area contributed by atoms with E-state index in [0.717, 1.165) is 29.8 Å². The first-order valence-electron chi connectivity index (χ1n) is 8.06. The highest BCUT2D eigenvalue weighted by molar-refractivity contribution is 7.15. The summed E-state index contributed by atoms with van der Waals surface area (Å²) in [6.07, 6.45) is 5.31. The quantitative estimate of drug-likeness (QED) is 0.837. The molecule has 0 bridgehead atoms. The maximum absolute atomic E-state index is 5.30. The van der Waals surface area contributed by atoms with Crippen LogP contribution in [0.4, 0.5) is 5.13 Å². The Morgan fingerprint density at radius 1 is 1.43 bits per heavy atom. The van der Waals surface area contributed by atoms with Crippen molar-refractivity contribution in [3.63, 3.8) is 0 Å². The highest BCUT2D eigenvalue weighted by atomic mass is 32.1. The van der Waals surface area contributed by atoms with Gasteiger partial charge in [0.15, 0.2) is 5.13 Å². The molecule has 0 aliphatic heterocycles. The number of aromatic nitrogens is 1. The van der Waals surface area contributed by atoms with Gasteiger partial charge in [0.2, 0.25) is 0 Å². The third-order valence-corrected chi connectivity index (χ3v) is 5.53. The maximum Gasteiger partial charge on any atom is 0.185 e. The van der Waals surface area contributed by atoms with Crippen LogP contribution in [0.1, 0.15) is 50.1 Å². The molecule has 1 aromatic rings. The van der Waals surface area contributed by atoms with Crippen molar-refractivity contribution in [2.24, 2.45) is 5.92 Å². The van der Waals surface area contributed by atoms with E-state index in [1.165, 1.54) is 30.6 Å². The van der Waals surface area contributed by atoms with E-state index in [0.29, 0.717) is 12.6 Å². The number of nitrogens with one attached hydrogen (secondary N) is 1. The van der Waals surface area contributed by atoms with Gasteiger partial charge in [-0.15, -0.1) is 11.3 Å². The predicted molar refractivity (Wildman–Crippen MR) is 90.0 cm³/mol. The zero-order chi connectivity index (χ0) is 15.2. The van der Waals surface area contributed by atoms with E-state index in [-0.39, 0.29) is 0 Å². The largest absolute Gasteiger partial charge is 0.378 e. The van der Waals surface area contributed by atoms with Crippen LogP contribution in [-0.2, 0) is 17.9 Å². The number of nitrogens with zero attached hydrogens (tertiary/aromatic N) is 2. The monoisotopic (exact) mass is 311 g/mol. The lowest BCUT2D eigenvalue weighted by Crippen LogP contribution is -2.35. The van der Waals surface area contributed by atoms with Gasteiger partial charge >= 0.3 is 0 Å². The molecule has 1 aliphatic rings. The molecular weight excluding hydrogens is 282 g/mol. The number of methoxy groups -OCH3 is 1. The standard InChI is InChI=1S/C16H29N3OS/c1-5-17-10-15-14(11-20-4)18-16(21-15)19(3)13-8-6-7-12(2)9-13/h12-13,17H,5-11H2,1-4H3. The van der Waals surface area contributed by atoms with Crippen molar-refractivity contribution < 1.29 is 4.74 Å². The maximum atomic E-state index is 5.30. The van der Waals surface area contributed by atoms with Crippen LogP contribution in [0.25, 0.3) is 0 Å². The highest BCUT2D eigenvalue weighted by Crippen LogP contribution is 2.33. The van der Waals surface area contributed by atoms with Gasteiger partial charge in [-0.2, -0.15) is 0 Å². The normalized spacial score (nSPS) is 22.5. The molecule has 2 atom stereocenters. The van der Waals surface area contributed by atoms with Gasteiger partial charge in [0.05, 0.1) is 12.3 Å². The van der Waals surface area contributed by atoms with Gasteiger partial charge in [-0.3, -0.25) is 0 Å². The Morgan fingerprint density at radius 3 is 2.90 bits per heavy atom. The van der Waals surface area contributed by atoms with E-state index in [9.17, 15) is 0 Å². The van der Waals surface area contributed by atoms with Crippen LogP contribution in [0, 0.1) is 5.92 Å². The third kappa shape index (κ3) is 4.41. The van der Waals surface area contributed by atoms with Crippen LogP contribution in [0.3, 0.4) is 0 Å². The Morgan fingerprint density at radius 2 is 2.24 bits per heavy atom. The summed E-state index contributed by atoms with van der Waals surface area (Å²) in [5.74, 6) is 0.839. The van der Waals surface area contributed by atoms with Gasteiger partial charge < -0.3 is 15.0 Å². The third-order valence-electron chi connectivity index (χ3n) is 4.34. The molecule has 1 N–H and O–H groups in total. The summed E-state index contributed by atoms with van der Waals surface area (Å²) >= 11 is 1.81. The van der Waals surface area contributed by atoms with Crippen LogP contribution in [-0.4, -0.2) is 31.7 Å². The van der Waals surface area contributed by atoms with Crippen LogP contribution >= 0.6 is 11.3 Å². The summed E-state index contributed by atoms with van der Waals surface area (Å²) < 4.78 is 5.30. The SMILES string of the molecule is CCNCc1sc(N(C)C2CCCC(C)C2)nc1COC. The zero-order valence-electron chi connectivity index (χ0n) is 13.8. The first kappa shape index (κ1) is 16.7. The summed E-state index contributed by atoms with van der Waals surface area (Å²) in [6.45, 7) is 6.98. The molecule has 2 rings (SSSR count). The van der Waals surface area contributed by atoms with Crippen LogP contribution in [0.2, 0.25) is 0 Å². The van der Waals surface area contributed by atoms with Crippen LogP contribution < -0.4 is 10.2 Å². The van der Waals surface area contributed by atoms with Crippen LogP contribution in [0.5, 0.6) is 0 Å². The molecule has 0 saturated heterocycles. The Bertz CT molecular complexity index is 435. The van der Waals surface area contributed by atoms with Gasteiger partial charge in [-0.25, -0.2) is 4.98 Å². The number of thiazole rings is 1. The smallest absolute Gasteiger partial charge is 0.185 e. The minimum atomic E-state index is 0.603. The van der Waals surface area contributed by atoms with Crippen molar-refractivity contribution in [1.82, 2.24) is 10.3 Å². The molecule has 0 spiro atoms. The van der Waals surface area contributed by atoms with Crippen molar-refractivity contribution in [3.05, 3.63) is 10.6 Å². The molecule has 1 aliphatic carbocycles. The molecular formula is C16H29N3OS. The fraction of sp³-hybridized carbons (Fsp3) is 0.812. The molecule has 1 saturated carbocycles. The van der Waals surface area contributed by atoms with E-state index in [4.69, 9.17) is 9.72 Å². The first-order valence-corrected chi connectivity index (χ1v) is 8.88. The molecule has 0 amide bonds. The van der Waals surface area contributed by atoms with E-state index in [2.05, 4.69) is 31.1 Å². The summed E-state index contributed by atoms with van der Waals surface area (Å²) in [4.78, 5) is 8.54. The van der Waals surface area contributed by atoms with Gasteiger partial charge in [-0.1, -0.05) is 26.7 Å². The number of anilines is 1. The molecule has 1 aromatic heterocycles. The summed E-state index contributed by atoms with van der Waals surface area (Å²) in [5.41, 5.74) is 1.09. The Kier molecular flexibility index (Phi) is 6.45. The molecule has 21 heavy (non-hydrogen) atoms. The predicted octanol–water partition coefficient (Wildman–Crippen LogP) is 3.41. The van der Waals surface area contributed by atoms with E-state index < -0.39 is 0 Å². The Balaban J connectivity index is 2.10. The van der Waals surface area contributed by atoms with Gasteiger partial charge in [0.1, 0.15) is 0 Å². The van der Waals surface area contributed by atoms with Crippen molar-refractivity contribution in [2.45, 2.75) is 58.7 Å². The molecule has 120 valence electrons. The Hall–Kier alpha value is -0.650. The van der Waals surface area contributed by atoms with Gasteiger partial charge in [-0.05, 0) is 25.3 Å². The second-order valence-corrected chi connectivity index (χ2v) is 7.18. The van der Waals surface area contributed by atoms with Crippen LogP contribution in [0.15, 0.2) is 0 Å². The fourth-order valence-electron chi connectivity index (χ4n) is 3.06. The number of rotatable bonds is 7. The van der Waals surface area contributed by atoms with Gasteiger partial charge in [0.25, 0.3) is 0 Å².